The summed E-state index contributed by atoms with van der Waals surface area (Å²) in [7, 11) is 0. The van der Waals surface area contributed by atoms with Crippen LogP contribution < -0.4 is 0 Å². The van der Waals surface area contributed by atoms with Gasteiger partial charge in [-0.15, -0.1) is 0 Å². The van der Waals surface area contributed by atoms with Gasteiger partial charge in [0.15, 0.2) is 11.6 Å². The lowest BCUT2D eigenvalue weighted by Gasteiger charge is -2.50. The highest BCUT2D eigenvalue weighted by Gasteiger charge is 2.53. The Morgan fingerprint density at radius 1 is 0.596 bits per heavy atom. The summed E-state index contributed by atoms with van der Waals surface area (Å²) >= 11 is 0. The molecule has 2 heterocycles. The van der Waals surface area contributed by atoms with Gasteiger partial charge in [-0.25, -0.2) is 4.98 Å². The van der Waals surface area contributed by atoms with E-state index in [1.54, 1.807) is 5.56 Å². The molecule has 4 unspecified atom stereocenters. The van der Waals surface area contributed by atoms with Gasteiger partial charge in [-0.2, -0.15) is 9.97 Å². The van der Waals surface area contributed by atoms with Gasteiger partial charge >= 0.3 is 0 Å². The van der Waals surface area contributed by atoms with Gasteiger partial charge in [-0.3, -0.25) is 4.57 Å². The third kappa shape index (κ3) is 3.97. The van der Waals surface area contributed by atoms with E-state index in [4.69, 9.17) is 15.0 Å². The minimum atomic E-state index is 0.0859. The van der Waals surface area contributed by atoms with Crippen molar-refractivity contribution in [3.05, 3.63) is 132 Å². The Morgan fingerprint density at radius 2 is 1.28 bits per heavy atom. The van der Waals surface area contributed by atoms with Gasteiger partial charge in [0.1, 0.15) is 0 Å². The number of rotatable bonds is 3. The van der Waals surface area contributed by atoms with Crippen LogP contribution in [0.1, 0.15) is 50.2 Å². The van der Waals surface area contributed by atoms with Gasteiger partial charge in [0.2, 0.25) is 5.95 Å². The second-order valence-electron chi connectivity index (χ2n) is 14.2. The Morgan fingerprint density at radius 3 is 2.04 bits per heavy atom. The second kappa shape index (κ2) is 10.2. The third-order valence-electron chi connectivity index (χ3n) is 11.6. The van der Waals surface area contributed by atoms with E-state index in [9.17, 15) is 0 Å². The lowest BCUT2D eigenvalue weighted by molar-refractivity contribution is 0.0856. The highest BCUT2D eigenvalue weighted by atomic mass is 15.2. The van der Waals surface area contributed by atoms with E-state index in [-0.39, 0.29) is 5.41 Å². The Hall–Kier alpha value is -5.09. The van der Waals surface area contributed by atoms with E-state index < -0.39 is 0 Å². The van der Waals surface area contributed by atoms with E-state index in [0.29, 0.717) is 23.5 Å². The first-order valence-corrected chi connectivity index (χ1v) is 17.2. The molecule has 0 aliphatic heterocycles. The van der Waals surface area contributed by atoms with Gasteiger partial charge in [0.05, 0.1) is 11.0 Å². The molecule has 3 aliphatic carbocycles. The van der Waals surface area contributed by atoms with E-state index in [1.807, 2.05) is 36.4 Å². The molecule has 0 N–H and O–H groups in total. The van der Waals surface area contributed by atoms with Crippen molar-refractivity contribution in [3.8, 4) is 39.9 Å². The normalized spacial score (nSPS) is 22.9. The summed E-state index contributed by atoms with van der Waals surface area (Å²) in [5, 5.41) is 2.52. The minimum Gasteiger partial charge on any atom is -0.278 e. The number of benzene rings is 5. The average molecular weight is 609 g/mol. The number of hydrogen-bond acceptors (Lipinski definition) is 3. The molecular weight excluding hydrogens is 573 g/mol. The first-order chi connectivity index (χ1) is 23.2. The van der Waals surface area contributed by atoms with Gasteiger partial charge in [0.25, 0.3) is 0 Å². The molecule has 2 bridgehead atoms. The van der Waals surface area contributed by atoms with Crippen LogP contribution in [0.2, 0.25) is 0 Å². The quantitative estimate of drug-likeness (QED) is 0.200. The Balaban J connectivity index is 1.26. The number of nitrogens with zero attached hydrogens (tertiary/aromatic N) is 4. The van der Waals surface area contributed by atoms with E-state index in [1.165, 1.54) is 59.6 Å². The van der Waals surface area contributed by atoms with Crippen molar-refractivity contribution in [2.75, 3.05) is 0 Å². The van der Waals surface area contributed by atoms with Crippen molar-refractivity contribution in [1.82, 2.24) is 19.5 Å². The summed E-state index contributed by atoms with van der Waals surface area (Å²) in [6.07, 6.45) is 6.64. The Kier molecular flexibility index (Phi) is 5.88. The van der Waals surface area contributed by atoms with Crippen LogP contribution in [0.3, 0.4) is 0 Å². The number of aromatic nitrogens is 4. The first kappa shape index (κ1) is 27.1. The Labute approximate surface area is 275 Å². The largest absolute Gasteiger partial charge is 0.278 e. The van der Waals surface area contributed by atoms with Crippen molar-refractivity contribution < 1.29 is 0 Å². The van der Waals surface area contributed by atoms with Crippen molar-refractivity contribution in [1.29, 1.82) is 0 Å². The first-order valence-electron chi connectivity index (χ1n) is 17.2. The number of hydrogen-bond donors (Lipinski definition) is 0. The van der Waals surface area contributed by atoms with Crippen molar-refractivity contribution in [2.24, 2.45) is 17.8 Å². The molecule has 7 aromatic rings. The zero-order chi connectivity index (χ0) is 31.1. The maximum Gasteiger partial charge on any atom is 0.238 e. The van der Waals surface area contributed by atoms with Crippen LogP contribution >= 0.6 is 0 Å². The van der Waals surface area contributed by atoms with Crippen molar-refractivity contribution in [3.63, 3.8) is 0 Å². The molecule has 2 fully saturated rings. The molecule has 47 heavy (non-hydrogen) atoms. The molecule has 10 rings (SSSR count). The maximum absolute atomic E-state index is 5.18. The molecule has 0 radical (unpaired) electrons. The van der Waals surface area contributed by atoms with Gasteiger partial charge < -0.3 is 0 Å². The second-order valence-corrected chi connectivity index (χ2v) is 14.2. The predicted octanol–water partition coefficient (Wildman–Crippen LogP) is 10.4. The van der Waals surface area contributed by atoms with Crippen molar-refractivity contribution in [2.45, 2.75) is 44.4 Å². The topological polar surface area (TPSA) is 43.6 Å². The van der Waals surface area contributed by atoms with Crippen molar-refractivity contribution >= 4 is 21.8 Å². The molecule has 5 aromatic carbocycles. The van der Waals surface area contributed by atoms with E-state index in [2.05, 4.69) is 96.4 Å². The Bertz CT molecular complexity index is 2260. The van der Waals surface area contributed by atoms with Gasteiger partial charge in [0, 0.05) is 27.3 Å². The zero-order valence-corrected chi connectivity index (χ0v) is 26.6. The molecule has 3 aliphatic rings. The predicted molar refractivity (Wildman–Crippen MR) is 190 cm³/mol. The molecule has 0 saturated heterocycles. The molecule has 0 amide bonds. The lowest BCUT2D eigenvalue weighted by Crippen LogP contribution is -2.44. The minimum absolute atomic E-state index is 0.0859. The van der Waals surface area contributed by atoms with Crippen LogP contribution in [0.5, 0.6) is 0 Å². The van der Waals surface area contributed by atoms with Gasteiger partial charge in [-0.1, -0.05) is 110 Å². The molecular formula is C43H36N4. The average Bonchev–Trinajstić information content (AvgIpc) is 3.59. The molecule has 2 saturated carbocycles. The summed E-state index contributed by atoms with van der Waals surface area (Å²) in [5.74, 6) is 4.34. The molecule has 228 valence electrons. The highest BCUT2D eigenvalue weighted by Crippen LogP contribution is 2.63. The molecule has 4 nitrogen and oxygen atoms in total. The third-order valence-corrected chi connectivity index (χ3v) is 11.6. The van der Waals surface area contributed by atoms with Crippen LogP contribution in [-0.2, 0) is 5.41 Å². The molecule has 1 spiro atoms. The number of para-hydroxylation sites is 1. The zero-order valence-electron chi connectivity index (χ0n) is 26.6. The van der Waals surface area contributed by atoms with E-state index in [0.717, 1.165) is 34.0 Å². The fourth-order valence-corrected chi connectivity index (χ4v) is 9.70. The van der Waals surface area contributed by atoms with Crippen LogP contribution in [-0.4, -0.2) is 19.5 Å². The molecule has 4 atom stereocenters. The highest BCUT2D eigenvalue weighted by molar-refractivity contribution is 6.11. The standard InChI is InChI=1S/C43H36N4/c1-27-22-28-20-21-43(31(23-27)24-28)36-18-10-8-16-32(36)34-26-39-35(25-37(34)43)33-17-9-11-19-38(33)47(39)42-45-40(29-12-4-2-5-13-29)44-41(46-42)30-14-6-3-7-15-30/h2-19,25-28,31H,20-24H2,1H3. The lowest BCUT2D eigenvalue weighted by atomic mass is 9.53. The molecule has 4 heteroatoms. The SMILES string of the molecule is CC1CC2CCC3(c4ccccc4-c4cc5c(cc43)c3ccccc3n5-c3nc(-c4ccccc4)nc(-c4ccccc4)n3)C(C1)C2. The summed E-state index contributed by atoms with van der Waals surface area (Å²) in [6.45, 7) is 2.49. The summed E-state index contributed by atoms with van der Waals surface area (Å²) in [4.78, 5) is 15.4. The fourth-order valence-electron chi connectivity index (χ4n) is 9.70. The van der Waals surface area contributed by atoms with Crippen LogP contribution in [0.4, 0.5) is 0 Å². The fraction of sp³-hybridized carbons (Fsp3) is 0.233. The van der Waals surface area contributed by atoms with Crippen LogP contribution in [0.25, 0.3) is 61.7 Å². The maximum atomic E-state index is 5.18. The van der Waals surface area contributed by atoms with Gasteiger partial charge in [-0.05, 0) is 90.3 Å². The summed E-state index contributed by atoms with van der Waals surface area (Å²) in [6, 6.07) is 43.6. The van der Waals surface area contributed by atoms with E-state index >= 15 is 0 Å². The van der Waals surface area contributed by atoms with Crippen LogP contribution in [0, 0.1) is 17.8 Å². The smallest absolute Gasteiger partial charge is 0.238 e. The molecule has 2 aromatic heterocycles. The number of fused-ring (bicyclic) bond motifs is 11. The summed E-state index contributed by atoms with van der Waals surface area (Å²) < 4.78 is 2.28. The van der Waals surface area contributed by atoms with Crippen LogP contribution in [0.15, 0.2) is 121 Å². The monoisotopic (exact) mass is 608 g/mol. The summed E-state index contributed by atoms with van der Waals surface area (Å²) in [5.41, 5.74) is 10.2.